The average Bonchev–Trinajstić information content (AvgIpc) is 2.16. The quantitative estimate of drug-likeness (QED) is 0.616. The predicted octanol–water partition coefficient (Wildman–Crippen LogP) is 0.585. The number of phenolic OH excluding ortho intramolecular Hbond substituents is 1. The van der Waals surface area contributed by atoms with Crippen LogP contribution in [-0.2, 0) is 0 Å². The summed E-state index contributed by atoms with van der Waals surface area (Å²) in [6.07, 6.45) is -0.317. The van der Waals surface area contributed by atoms with Gasteiger partial charge in [-0.2, -0.15) is 0 Å². The predicted molar refractivity (Wildman–Crippen MR) is 52.1 cm³/mol. The van der Waals surface area contributed by atoms with Crippen molar-refractivity contribution in [3.63, 3.8) is 0 Å². The summed E-state index contributed by atoms with van der Waals surface area (Å²) < 4.78 is 0. The SMILES string of the molecule is CC(N)C(O)c1cc(O)ccc1C=O. The highest BCUT2D eigenvalue weighted by Crippen LogP contribution is 2.23. The minimum absolute atomic E-state index is 0.00491. The highest BCUT2D eigenvalue weighted by molar-refractivity contribution is 5.78. The van der Waals surface area contributed by atoms with Crippen molar-refractivity contribution in [1.82, 2.24) is 0 Å². The van der Waals surface area contributed by atoms with E-state index in [0.717, 1.165) is 0 Å². The number of aliphatic hydroxyl groups excluding tert-OH is 1. The van der Waals surface area contributed by atoms with Crippen molar-refractivity contribution in [2.75, 3.05) is 0 Å². The van der Waals surface area contributed by atoms with E-state index in [0.29, 0.717) is 17.4 Å². The average molecular weight is 195 g/mol. The van der Waals surface area contributed by atoms with Gasteiger partial charge in [0.25, 0.3) is 0 Å². The minimum atomic E-state index is -0.942. The topological polar surface area (TPSA) is 83.6 Å². The number of phenols is 1. The number of aromatic hydroxyl groups is 1. The lowest BCUT2D eigenvalue weighted by Gasteiger charge is -2.16. The molecule has 0 saturated carbocycles. The van der Waals surface area contributed by atoms with Crippen LogP contribution in [0.4, 0.5) is 0 Å². The van der Waals surface area contributed by atoms with E-state index >= 15 is 0 Å². The molecule has 4 N–H and O–H groups in total. The maximum Gasteiger partial charge on any atom is 0.150 e. The van der Waals surface area contributed by atoms with E-state index < -0.39 is 12.1 Å². The Morgan fingerprint density at radius 1 is 1.50 bits per heavy atom. The van der Waals surface area contributed by atoms with Crippen LogP contribution in [-0.4, -0.2) is 22.5 Å². The third kappa shape index (κ3) is 2.10. The van der Waals surface area contributed by atoms with Gasteiger partial charge in [0.05, 0.1) is 6.10 Å². The number of hydrogen-bond donors (Lipinski definition) is 3. The summed E-state index contributed by atoms with van der Waals surface area (Å²) in [7, 11) is 0. The first-order valence-electron chi connectivity index (χ1n) is 4.28. The van der Waals surface area contributed by atoms with Gasteiger partial charge in [-0.3, -0.25) is 4.79 Å². The monoisotopic (exact) mass is 195 g/mol. The molecule has 0 aromatic heterocycles. The Labute approximate surface area is 82.0 Å². The first-order chi connectivity index (χ1) is 6.56. The number of nitrogens with two attached hydrogens (primary N) is 1. The smallest absolute Gasteiger partial charge is 0.150 e. The first kappa shape index (κ1) is 10.7. The number of rotatable bonds is 3. The number of carbonyl (C=O) groups excluding carboxylic acids is 1. The molecule has 0 aliphatic rings. The molecule has 2 atom stereocenters. The Kier molecular flexibility index (Phi) is 3.22. The van der Waals surface area contributed by atoms with E-state index in [1.807, 2.05) is 0 Å². The van der Waals surface area contributed by atoms with Gasteiger partial charge in [0.15, 0.2) is 0 Å². The van der Waals surface area contributed by atoms with Crippen molar-refractivity contribution in [3.8, 4) is 5.75 Å². The molecule has 0 radical (unpaired) electrons. The molecular formula is C10H13NO3. The summed E-state index contributed by atoms with van der Waals surface area (Å²) in [5, 5.41) is 18.8. The van der Waals surface area contributed by atoms with Crippen LogP contribution in [0.5, 0.6) is 5.75 Å². The van der Waals surface area contributed by atoms with Crippen LogP contribution in [0.25, 0.3) is 0 Å². The molecule has 76 valence electrons. The largest absolute Gasteiger partial charge is 0.508 e. The van der Waals surface area contributed by atoms with Crippen LogP contribution in [0.15, 0.2) is 18.2 Å². The molecule has 14 heavy (non-hydrogen) atoms. The molecule has 1 rings (SSSR count). The van der Waals surface area contributed by atoms with Crippen molar-refractivity contribution in [3.05, 3.63) is 29.3 Å². The standard InChI is InChI=1S/C10H13NO3/c1-6(11)10(14)9-4-8(13)3-2-7(9)5-12/h2-6,10,13-14H,11H2,1H3. The van der Waals surface area contributed by atoms with Crippen LogP contribution in [0.2, 0.25) is 0 Å². The molecule has 4 nitrogen and oxygen atoms in total. The molecule has 0 heterocycles. The normalized spacial score (nSPS) is 14.8. The number of benzene rings is 1. The molecule has 0 aliphatic heterocycles. The van der Waals surface area contributed by atoms with Crippen LogP contribution in [0.1, 0.15) is 28.9 Å². The molecule has 2 unspecified atom stereocenters. The van der Waals surface area contributed by atoms with Gasteiger partial charge in [-0.15, -0.1) is 0 Å². The van der Waals surface area contributed by atoms with E-state index in [-0.39, 0.29) is 5.75 Å². The lowest BCUT2D eigenvalue weighted by molar-refractivity contribution is 0.111. The maximum absolute atomic E-state index is 10.6. The zero-order valence-electron chi connectivity index (χ0n) is 7.84. The van der Waals surface area contributed by atoms with Gasteiger partial charge in [0.2, 0.25) is 0 Å². The molecule has 1 aromatic carbocycles. The molecule has 0 amide bonds. The summed E-state index contributed by atoms with van der Waals surface area (Å²) in [6, 6.07) is 3.69. The highest BCUT2D eigenvalue weighted by Gasteiger charge is 2.16. The third-order valence-electron chi connectivity index (χ3n) is 2.01. The molecule has 0 saturated heterocycles. The molecule has 0 fully saturated rings. The Morgan fingerprint density at radius 2 is 2.14 bits per heavy atom. The Hall–Kier alpha value is -1.39. The fraction of sp³-hybridized carbons (Fsp3) is 0.300. The summed E-state index contributed by atoms with van der Waals surface area (Å²) in [5.74, 6) is 0.00491. The van der Waals surface area contributed by atoms with Crippen molar-refractivity contribution in [1.29, 1.82) is 0 Å². The van der Waals surface area contributed by atoms with Gasteiger partial charge < -0.3 is 15.9 Å². The van der Waals surface area contributed by atoms with E-state index in [1.54, 1.807) is 6.92 Å². The van der Waals surface area contributed by atoms with Crippen molar-refractivity contribution < 1.29 is 15.0 Å². The minimum Gasteiger partial charge on any atom is -0.508 e. The van der Waals surface area contributed by atoms with Crippen LogP contribution in [0, 0.1) is 0 Å². The second-order valence-corrected chi connectivity index (χ2v) is 3.24. The zero-order valence-corrected chi connectivity index (χ0v) is 7.84. The van der Waals surface area contributed by atoms with Gasteiger partial charge in [-0.05, 0) is 30.7 Å². The molecule has 1 aromatic rings. The van der Waals surface area contributed by atoms with Gasteiger partial charge in [-0.25, -0.2) is 0 Å². The van der Waals surface area contributed by atoms with E-state index in [4.69, 9.17) is 5.73 Å². The number of carbonyl (C=O) groups is 1. The molecular weight excluding hydrogens is 182 g/mol. The lowest BCUT2D eigenvalue weighted by atomic mass is 9.99. The summed E-state index contributed by atoms with van der Waals surface area (Å²) in [5.41, 5.74) is 6.19. The molecule has 0 aliphatic carbocycles. The number of hydrogen-bond acceptors (Lipinski definition) is 4. The second kappa shape index (κ2) is 4.21. The molecule has 4 heteroatoms. The van der Waals surface area contributed by atoms with E-state index in [9.17, 15) is 15.0 Å². The summed E-state index contributed by atoms with van der Waals surface area (Å²) in [4.78, 5) is 10.6. The number of aldehydes is 1. The second-order valence-electron chi connectivity index (χ2n) is 3.24. The summed E-state index contributed by atoms with van der Waals surface area (Å²) >= 11 is 0. The van der Waals surface area contributed by atoms with E-state index in [1.165, 1.54) is 18.2 Å². The fourth-order valence-corrected chi connectivity index (χ4v) is 1.21. The van der Waals surface area contributed by atoms with Crippen LogP contribution >= 0.6 is 0 Å². The van der Waals surface area contributed by atoms with Gasteiger partial charge in [0, 0.05) is 11.6 Å². The van der Waals surface area contributed by atoms with E-state index in [2.05, 4.69) is 0 Å². The van der Waals surface area contributed by atoms with Gasteiger partial charge >= 0.3 is 0 Å². The zero-order chi connectivity index (χ0) is 10.7. The van der Waals surface area contributed by atoms with Gasteiger partial charge in [-0.1, -0.05) is 0 Å². The number of aliphatic hydroxyl groups is 1. The first-order valence-corrected chi connectivity index (χ1v) is 4.28. The van der Waals surface area contributed by atoms with Crippen molar-refractivity contribution >= 4 is 6.29 Å². The maximum atomic E-state index is 10.6. The van der Waals surface area contributed by atoms with Crippen molar-refractivity contribution in [2.24, 2.45) is 5.73 Å². The Balaban J connectivity index is 3.16. The third-order valence-corrected chi connectivity index (χ3v) is 2.01. The summed E-state index contributed by atoms with van der Waals surface area (Å²) in [6.45, 7) is 1.63. The Bertz CT molecular complexity index is 336. The van der Waals surface area contributed by atoms with Crippen LogP contribution < -0.4 is 5.73 Å². The molecule has 0 spiro atoms. The van der Waals surface area contributed by atoms with Crippen LogP contribution in [0.3, 0.4) is 0 Å². The lowest BCUT2D eigenvalue weighted by Crippen LogP contribution is -2.25. The van der Waals surface area contributed by atoms with Crippen molar-refractivity contribution in [2.45, 2.75) is 19.1 Å². The highest BCUT2D eigenvalue weighted by atomic mass is 16.3. The Morgan fingerprint density at radius 3 is 2.64 bits per heavy atom. The fourth-order valence-electron chi connectivity index (χ4n) is 1.21. The van der Waals surface area contributed by atoms with Gasteiger partial charge in [0.1, 0.15) is 12.0 Å². The molecule has 0 bridgehead atoms.